The van der Waals surface area contributed by atoms with Crippen molar-refractivity contribution in [2.24, 2.45) is 0 Å². The molecule has 0 aliphatic carbocycles. The lowest BCUT2D eigenvalue weighted by Crippen LogP contribution is -2.31. The van der Waals surface area contributed by atoms with E-state index >= 15 is 0 Å². The minimum Gasteiger partial charge on any atom is -0.370 e. The quantitative estimate of drug-likeness (QED) is 0.771. The summed E-state index contributed by atoms with van der Waals surface area (Å²) in [5.41, 5.74) is 0. The van der Waals surface area contributed by atoms with Crippen molar-refractivity contribution >= 4 is 20.7 Å². The Morgan fingerprint density at radius 1 is 1.07 bits per heavy atom. The summed E-state index contributed by atoms with van der Waals surface area (Å²) in [6.45, 7) is 0. The largest absolute Gasteiger partial charge is 0.397 e. The first-order valence-corrected chi connectivity index (χ1v) is 6.30. The molecule has 15 heavy (non-hydrogen) atoms. The van der Waals surface area contributed by atoms with Gasteiger partial charge in [-0.15, -0.1) is 0 Å². The molecule has 0 fully saturated rings. The molecule has 9 heteroatoms. The van der Waals surface area contributed by atoms with Crippen molar-refractivity contribution in [3.63, 3.8) is 0 Å². The van der Waals surface area contributed by atoms with Crippen LogP contribution in [0.1, 0.15) is 0 Å². The van der Waals surface area contributed by atoms with E-state index in [1.807, 2.05) is 0 Å². The number of hydrogen-bond donors (Lipinski definition) is 1. The molecule has 1 aromatic carbocycles. The van der Waals surface area contributed by atoms with E-state index < -0.39 is 20.7 Å². The van der Waals surface area contributed by atoms with Crippen LogP contribution in [-0.2, 0) is 20.7 Å². The maximum Gasteiger partial charge on any atom is 0.397 e. The van der Waals surface area contributed by atoms with Gasteiger partial charge in [-0.2, -0.15) is 16.8 Å². The molecule has 6 nitrogen and oxygen atoms in total. The zero-order valence-corrected chi connectivity index (χ0v) is 8.76. The van der Waals surface area contributed by atoms with Crippen LogP contribution >= 0.6 is 0 Å². The summed E-state index contributed by atoms with van der Waals surface area (Å²) >= 11 is 0. The monoisotopic (exact) mass is 255 g/mol. The van der Waals surface area contributed by atoms with E-state index in [1.165, 1.54) is 24.3 Å². The van der Waals surface area contributed by atoms with Gasteiger partial charge in [0.05, 0.1) is 0 Å². The third-order valence-electron chi connectivity index (χ3n) is 1.15. The van der Waals surface area contributed by atoms with Crippen LogP contribution in [0, 0.1) is 0 Å². The van der Waals surface area contributed by atoms with E-state index in [1.54, 1.807) is 6.07 Å². The highest BCUT2D eigenvalue weighted by Gasteiger charge is 2.21. The third kappa shape index (κ3) is 4.72. The summed E-state index contributed by atoms with van der Waals surface area (Å²) in [4.78, 5) is 0. The van der Waals surface area contributed by atoms with Gasteiger partial charge in [-0.3, -0.25) is 0 Å². The number of halogens is 1. The van der Waals surface area contributed by atoms with Gasteiger partial charge in [0, 0.05) is 0 Å². The number of rotatable bonds is 4. The normalized spacial score (nSPS) is 12.3. The molecule has 0 amide bonds. The van der Waals surface area contributed by atoms with Gasteiger partial charge in [-0.05, 0) is 16.3 Å². The summed E-state index contributed by atoms with van der Waals surface area (Å²) in [6, 6.07) is 7.07. The molecule has 0 saturated heterocycles. The fraction of sp³-hybridized carbons (Fsp3) is 0. The van der Waals surface area contributed by atoms with Crippen LogP contribution in [-0.4, -0.2) is 16.8 Å². The van der Waals surface area contributed by atoms with E-state index in [0.717, 1.165) is 0 Å². The highest BCUT2D eigenvalue weighted by Crippen LogP contribution is 2.10. The molecule has 0 bridgehead atoms. The molecular formula is C6H6FNO5S2. The summed E-state index contributed by atoms with van der Waals surface area (Å²) in [5, 5.41) is 0. The number of benzene rings is 1. The van der Waals surface area contributed by atoms with Crippen molar-refractivity contribution in [1.29, 1.82) is 0 Å². The van der Waals surface area contributed by atoms with Crippen LogP contribution in [0.25, 0.3) is 0 Å². The van der Waals surface area contributed by atoms with Crippen LogP contribution in [0.4, 0.5) is 3.89 Å². The SMILES string of the molecule is O=S(=O)(F)NS(=O)(=O)Oc1ccccc1. The zero-order chi connectivity index (χ0) is 11.5. The molecule has 0 heterocycles. The Balaban J connectivity index is 2.83. The Morgan fingerprint density at radius 2 is 1.60 bits per heavy atom. The molecule has 0 spiro atoms. The topological polar surface area (TPSA) is 89.5 Å². The van der Waals surface area contributed by atoms with Gasteiger partial charge in [0.25, 0.3) is 0 Å². The van der Waals surface area contributed by atoms with E-state index in [-0.39, 0.29) is 5.75 Å². The Hall–Kier alpha value is -1.19. The molecular weight excluding hydrogens is 249 g/mol. The molecule has 0 saturated carbocycles. The van der Waals surface area contributed by atoms with Crippen molar-refractivity contribution in [1.82, 2.24) is 4.13 Å². The zero-order valence-electron chi connectivity index (χ0n) is 7.12. The van der Waals surface area contributed by atoms with Crippen LogP contribution in [0.15, 0.2) is 30.3 Å². The second-order valence-corrected chi connectivity index (χ2v) is 4.99. The van der Waals surface area contributed by atoms with Crippen LogP contribution in [0.5, 0.6) is 5.75 Å². The van der Waals surface area contributed by atoms with Gasteiger partial charge in [0.15, 0.2) is 0 Å². The Labute approximate surface area is 86.3 Å². The fourth-order valence-corrected chi connectivity index (χ4v) is 2.22. The molecule has 1 rings (SSSR count). The van der Waals surface area contributed by atoms with Gasteiger partial charge in [-0.1, -0.05) is 22.1 Å². The number of nitrogens with one attached hydrogen (secondary N) is 1. The van der Waals surface area contributed by atoms with Crippen molar-refractivity contribution in [3.05, 3.63) is 30.3 Å². The molecule has 1 aromatic rings. The minimum absolute atomic E-state index is 0.131. The minimum atomic E-state index is -5.36. The summed E-state index contributed by atoms with van der Waals surface area (Å²) in [6.07, 6.45) is 0. The Kier molecular flexibility index (Phi) is 3.27. The fourth-order valence-electron chi connectivity index (χ4n) is 0.742. The first-order chi connectivity index (χ1) is 6.79. The Morgan fingerprint density at radius 3 is 2.07 bits per heavy atom. The lowest BCUT2D eigenvalue weighted by atomic mass is 10.3. The molecule has 0 unspecified atom stereocenters. The number of hydrogen-bond acceptors (Lipinski definition) is 5. The molecule has 84 valence electrons. The van der Waals surface area contributed by atoms with E-state index in [9.17, 15) is 20.7 Å². The van der Waals surface area contributed by atoms with E-state index in [2.05, 4.69) is 4.18 Å². The summed E-state index contributed by atoms with van der Waals surface area (Å²) in [5.74, 6) is -0.131. The summed E-state index contributed by atoms with van der Waals surface area (Å²) in [7, 11) is -10.1. The maximum atomic E-state index is 12.0. The molecule has 0 aromatic heterocycles. The van der Waals surface area contributed by atoms with Gasteiger partial charge in [0.1, 0.15) is 5.75 Å². The highest BCUT2D eigenvalue weighted by atomic mass is 32.3. The molecule has 0 atom stereocenters. The van der Waals surface area contributed by atoms with Gasteiger partial charge in [0.2, 0.25) is 0 Å². The van der Waals surface area contributed by atoms with Crippen LogP contribution in [0.2, 0.25) is 0 Å². The molecule has 0 aliphatic rings. The lowest BCUT2D eigenvalue weighted by Gasteiger charge is -2.04. The molecule has 1 N–H and O–H groups in total. The van der Waals surface area contributed by atoms with Crippen molar-refractivity contribution in [3.8, 4) is 5.75 Å². The Bertz CT molecular complexity index is 524. The second-order valence-electron chi connectivity index (χ2n) is 2.37. The maximum absolute atomic E-state index is 12.0. The smallest absolute Gasteiger partial charge is 0.370 e. The van der Waals surface area contributed by atoms with E-state index in [4.69, 9.17) is 0 Å². The predicted molar refractivity (Wildman–Crippen MR) is 49.2 cm³/mol. The third-order valence-corrected chi connectivity index (χ3v) is 3.18. The van der Waals surface area contributed by atoms with Crippen molar-refractivity contribution in [2.75, 3.05) is 0 Å². The van der Waals surface area contributed by atoms with Gasteiger partial charge in [-0.25, -0.2) is 0 Å². The van der Waals surface area contributed by atoms with Crippen molar-refractivity contribution < 1.29 is 24.9 Å². The van der Waals surface area contributed by atoms with Gasteiger partial charge < -0.3 is 4.18 Å². The van der Waals surface area contributed by atoms with Gasteiger partial charge >= 0.3 is 20.7 Å². The predicted octanol–water partition coefficient (Wildman–Crippen LogP) is 0.114. The van der Waals surface area contributed by atoms with Crippen LogP contribution < -0.4 is 8.31 Å². The average molecular weight is 255 g/mol. The van der Waals surface area contributed by atoms with Crippen LogP contribution in [0.3, 0.4) is 0 Å². The van der Waals surface area contributed by atoms with Crippen molar-refractivity contribution in [2.45, 2.75) is 0 Å². The molecule has 0 aliphatic heterocycles. The standard InChI is InChI=1S/C6H6FNO5S2/c7-14(9,10)8-15(11,12)13-6-4-2-1-3-5-6/h1-5,8H. The number of para-hydroxylation sites is 1. The average Bonchev–Trinajstić information content (AvgIpc) is 1.99. The van der Waals surface area contributed by atoms with E-state index in [0.29, 0.717) is 4.13 Å². The molecule has 0 radical (unpaired) electrons. The second kappa shape index (κ2) is 4.13. The summed E-state index contributed by atoms with van der Waals surface area (Å²) < 4.78 is 58.6. The highest BCUT2D eigenvalue weighted by molar-refractivity contribution is 8.00. The first kappa shape index (κ1) is 11.9. The first-order valence-electron chi connectivity index (χ1n) is 3.51. The lowest BCUT2D eigenvalue weighted by molar-refractivity contribution is 0.476.